The largest absolute Gasteiger partial charge is 0.317 e. The van der Waals surface area contributed by atoms with Gasteiger partial charge in [0.05, 0.1) is 0 Å². The van der Waals surface area contributed by atoms with E-state index in [2.05, 4.69) is 41.6 Å². The van der Waals surface area contributed by atoms with E-state index in [9.17, 15) is 4.79 Å². The van der Waals surface area contributed by atoms with E-state index >= 15 is 0 Å². The predicted octanol–water partition coefficient (Wildman–Crippen LogP) is 3.05. The number of rotatable bonds is 5. The molecule has 0 saturated carbocycles. The van der Waals surface area contributed by atoms with Crippen LogP contribution >= 0.6 is 23.7 Å². The molecule has 120 valence electrons. The van der Waals surface area contributed by atoms with Crippen molar-refractivity contribution in [3.63, 3.8) is 0 Å². The molecule has 1 aliphatic heterocycles. The summed E-state index contributed by atoms with van der Waals surface area (Å²) < 4.78 is 0. The first-order chi connectivity index (χ1) is 9.56. The molecule has 0 spiro atoms. The third-order valence-corrected chi connectivity index (χ3v) is 5.02. The maximum atomic E-state index is 12.1. The first-order valence-corrected chi connectivity index (χ1v) is 8.22. The summed E-state index contributed by atoms with van der Waals surface area (Å²) in [6.07, 6.45) is 2.91. The summed E-state index contributed by atoms with van der Waals surface area (Å²) in [5.74, 6) is 1.49. The molecule has 1 aliphatic rings. The fourth-order valence-corrected chi connectivity index (χ4v) is 3.32. The lowest BCUT2D eigenvalue weighted by molar-refractivity contribution is -0.117. The van der Waals surface area contributed by atoms with Crippen LogP contribution in [-0.2, 0) is 4.79 Å². The SMILES string of the molecule is CC(C)c1nnc(NC(=O)CC(C)C2CCNCC2)s1.Cl. The van der Waals surface area contributed by atoms with Gasteiger partial charge in [0, 0.05) is 12.3 Å². The second kappa shape index (κ2) is 8.66. The number of amides is 1. The quantitative estimate of drug-likeness (QED) is 0.869. The highest BCUT2D eigenvalue weighted by Gasteiger charge is 2.22. The van der Waals surface area contributed by atoms with Crippen molar-refractivity contribution in [2.24, 2.45) is 11.8 Å². The third-order valence-electron chi connectivity index (χ3n) is 3.88. The van der Waals surface area contributed by atoms with Crippen LogP contribution in [0, 0.1) is 11.8 Å². The standard InChI is InChI=1S/C14H24N4OS.ClH/c1-9(2)13-17-18-14(20-13)16-12(19)8-10(3)11-4-6-15-7-5-11;/h9-11,15H,4-8H2,1-3H3,(H,16,18,19);1H. The number of carbonyl (C=O) groups is 1. The van der Waals surface area contributed by atoms with Gasteiger partial charge in [0.25, 0.3) is 0 Å². The molecule has 1 aromatic rings. The van der Waals surface area contributed by atoms with Gasteiger partial charge in [-0.1, -0.05) is 32.1 Å². The topological polar surface area (TPSA) is 66.9 Å². The molecule has 2 heterocycles. The normalized spacial score (nSPS) is 17.3. The maximum Gasteiger partial charge on any atom is 0.226 e. The number of halogens is 1. The van der Waals surface area contributed by atoms with Gasteiger partial charge in [-0.15, -0.1) is 22.6 Å². The Kier molecular flexibility index (Phi) is 7.56. The lowest BCUT2D eigenvalue weighted by Gasteiger charge is -2.27. The zero-order chi connectivity index (χ0) is 14.5. The molecule has 1 unspecified atom stereocenters. The Morgan fingerprint density at radius 3 is 2.57 bits per heavy atom. The van der Waals surface area contributed by atoms with Crippen LogP contribution in [0.15, 0.2) is 0 Å². The van der Waals surface area contributed by atoms with E-state index in [4.69, 9.17) is 0 Å². The number of piperidine rings is 1. The van der Waals surface area contributed by atoms with Crippen molar-refractivity contribution in [2.45, 2.75) is 46.0 Å². The monoisotopic (exact) mass is 332 g/mol. The first-order valence-electron chi connectivity index (χ1n) is 7.40. The second-order valence-corrected chi connectivity index (χ2v) is 6.93. The molecule has 5 nitrogen and oxygen atoms in total. The smallest absolute Gasteiger partial charge is 0.226 e. The summed E-state index contributed by atoms with van der Waals surface area (Å²) in [4.78, 5) is 12.1. The Morgan fingerprint density at radius 1 is 1.33 bits per heavy atom. The molecule has 2 rings (SSSR count). The van der Waals surface area contributed by atoms with Gasteiger partial charge in [0.15, 0.2) is 0 Å². The van der Waals surface area contributed by atoms with Crippen LogP contribution in [0.4, 0.5) is 5.13 Å². The Morgan fingerprint density at radius 2 is 2.00 bits per heavy atom. The van der Waals surface area contributed by atoms with Gasteiger partial charge in [-0.3, -0.25) is 4.79 Å². The van der Waals surface area contributed by atoms with Crippen LogP contribution in [0.5, 0.6) is 0 Å². The van der Waals surface area contributed by atoms with Crippen LogP contribution in [0.3, 0.4) is 0 Å². The molecule has 0 aromatic carbocycles. The van der Waals surface area contributed by atoms with Crippen molar-refractivity contribution in [1.82, 2.24) is 15.5 Å². The summed E-state index contributed by atoms with van der Waals surface area (Å²) in [7, 11) is 0. The lowest BCUT2D eigenvalue weighted by Crippen LogP contribution is -2.32. The minimum atomic E-state index is 0. The summed E-state index contributed by atoms with van der Waals surface area (Å²) in [5, 5.41) is 15.9. The van der Waals surface area contributed by atoms with Gasteiger partial charge in [0.2, 0.25) is 11.0 Å². The summed E-state index contributed by atoms with van der Waals surface area (Å²) >= 11 is 1.47. The first kappa shape index (κ1) is 18.3. The third kappa shape index (κ3) is 5.52. The number of carbonyl (C=O) groups excluding carboxylic acids is 1. The Labute approximate surface area is 136 Å². The van der Waals surface area contributed by atoms with Crippen LogP contribution in [0.1, 0.15) is 51.0 Å². The highest BCUT2D eigenvalue weighted by atomic mass is 35.5. The van der Waals surface area contributed by atoms with E-state index < -0.39 is 0 Å². The lowest BCUT2D eigenvalue weighted by atomic mass is 9.84. The maximum absolute atomic E-state index is 12.1. The van der Waals surface area contributed by atoms with Gasteiger partial charge in [-0.05, 0) is 37.8 Å². The zero-order valence-electron chi connectivity index (χ0n) is 12.9. The predicted molar refractivity (Wildman–Crippen MR) is 89.3 cm³/mol. The Balaban J connectivity index is 0.00000220. The zero-order valence-corrected chi connectivity index (χ0v) is 14.5. The van der Waals surface area contributed by atoms with E-state index in [1.807, 2.05) is 0 Å². The van der Waals surface area contributed by atoms with E-state index in [1.54, 1.807) is 0 Å². The molecule has 0 bridgehead atoms. The number of anilines is 1. The van der Waals surface area contributed by atoms with Crippen molar-refractivity contribution in [1.29, 1.82) is 0 Å². The van der Waals surface area contributed by atoms with Crippen LogP contribution in [0.2, 0.25) is 0 Å². The number of hydrogen-bond acceptors (Lipinski definition) is 5. The minimum absolute atomic E-state index is 0. The molecule has 1 fully saturated rings. The van der Waals surface area contributed by atoms with E-state index in [-0.39, 0.29) is 18.3 Å². The Hall–Kier alpha value is -0.720. The Bertz CT molecular complexity index is 446. The number of nitrogens with one attached hydrogen (secondary N) is 2. The molecule has 0 aliphatic carbocycles. The second-order valence-electron chi connectivity index (χ2n) is 5.92. The minimum Gasteiger partial charge on any atom is -0.317 e. The number of hydrogen-bond donors (Lipinski definition) is 2. The molecule has 0 radical (unpaired) electrons. The number of nitrogens with zero attached hydrogens (tertiary/aromatic N) is 2. The number of aromatic nitrogens is 2. The van der Waals surface area contributed by atoms with E-state index in [0.717, 1.165) is 18.1 Å². The van der Waals surface area contributed by atoms with Crippen LogP contribution in [-0.4, -0.2) is 29.2 Å². The van der Waals surface area contributed by atoms with Crippen molar-refractivity contribution >= 4 is 34.8 Å². The fraction of sp³-hybridized carbons (Fsp3) is 0.786. The molecule has 1 amide bonds. The van der Waals surface area contributed by atoms with Crippen LogP contribution in [0.25, 0.3) is 0 Å². The van der Waals surface area contributed by atoms with Crippen molar-refractivity contribution in [3.05, 3.63) is 5.01 Å². The van der Waals surface area contributed by atoms with Gasteiger partial charge in [0.1, 0.15) is 5.01 Å². The average molecular weight is 333 g/mol. The van der Waals surface area contributed by atoms with Crippen LogP contribution < -0.4 is 10.6 Å². The molecule has 1 saturated heterocycles. The van der Waals surface area contributed by atoms with Crippen molar-refractivity contribution in [3.8, 4) is 0 Å². The molecule has 7 heteroatoms. The summed E-state index contributed by atoms with van der Waals surface area (Å²) in [6, 6.07) is 0. The average Bonchev–Trinajstić information content (AvgIpc) is 2.88. The molecule has 21 heavy (non-hydrogen) atoms. The molecule has 1 aromatic heterocycles. The van der Waals surface area contributed by atoms with E-state index in [0.29, 0.717) is 29.3 Å². The molecular weight excluding hydrogens is 308 g/mol. The van der Waals surface area contributed by atoms with Gasteiger partial charge < -0.3 is 10.6 Å². The van der Waals surface area contributed by atoms with Crippen molar-refractivity contribution in [2.75, 3.05) is 18.4 Å². The summed E-state index contributed by atoms with van der Waals surface area (Å²) in [6.45, 7) is 8.47. The highest BCUT2D eigenvalue weighted by Crippen LogP contribution is 2.26. The van der Waals surface area contributed by atoms with E-state index in [1.165, 1.54) is 24.2 Å². The molecule has 2 N–H and O–H groups in total. The highest BCUT2D eigenvalue weighted by molar-refractivity contribution is 7.15. The van der Waals surface area contributed by atoms with Gasteiger partial charge in [-0.25, -0.2) is 0 Å². The van der Waals surface area contributed by atoms with Crippen molar-refractivity contribution < 1.29 is 4.79 Å². The molecular formula is C14H25ClN4OS. The van der Waals surface area contributed by atoms with Gasteiger partial charge in [-0.2, -0.15) is 0 Å². The fourth-order valence-electron chi connectivity index (χ4n) is 2.56. The summed E-state index contributed by atoms with van der Waals surface area (Å²) in [5.41, 5.74) is 0. The van der Waals surface area contributed by atoms with Gasteiger partial charge >= 0.3 is 0 Å². The molecule has 1 atom stereocenters.